The highest BCUT2D eigenvalue weighted by Gasteiger charge is 2.42. The zero-order valence-electron chi connectivity index (χ0n) is 15.3. The van der Waals surface area contributed by atoms with Crippen LogP contribution in [0.4, 0.5) is 0 Å². The van der Waals surface area contributed by atoms with Gasteiger partial charge in [0.1, 0.15) is 0 Å². The molecular formula is C20H24ClNO3S. The van der Waals surface area contributed by atoms with Crippen LogP contribution in [0.5, 0.6) is 0 Å². The third kappa shape index (κ3) is 4.29. The van der Waals surface area contributed by atoms with Gasteiger partial charge in [0.2, 0.25) is 10.0 Å². The Morgan fingerprint density at radius 2 is 1.88 bits per heavy atom. The Morgan fingerprint density at radius 1 is 1.19 bits per heavy atom. The highest BCUT2D eigenvalue weighted by Crippen LogP contribution is 2.34. The smallest absolute Gasteiger partial charge is 0.218 e. The molecule has 0 bridgehead atoms. The van der Waals surface area contributed by atoms with Gasteiger partial charge in [-0.1, -0.05) is 53.6 Å². The molecule has 0 aliphatic carbocycles. The van der Waals surface area contributed by atoms with Gasteiger partial charge in [-0.2, -0.15) is 4.31 Å². The van der Waals surface area contributed by atoms with Crippen molar-refractivity contribution >= 4 is 21.6 Å². The maximum atomic E-state index is 13.1. The second kappa shape index (κ2) is 7.31. The summed E-state index contributed by atoms with van der Waals surface area (Å²) in [6.07, 6.45) is -0.325. The minimum absolute atomic E-state index is 0.0149. The third-order valence-electron chi connectivity index (χ3n) is 4.67. The molecule has 1 aliphatic heterocycles. The normalized spacial score (nSPS) is 20.8. The first-order chi connectivity index (χ1) is 12.2. The molecule has 0 radical (unpaired) electrons. The van der Waals surface area contributed by atoms with E-state index < -0.39 is 15.6 Å². The van der Waals surface area contributed by atoms with Gasteiger partial charge in [0, 0.05) is 11.6 Å². The van der Waals surface area contributed by atoms with Crippen LogP contribution in [-0.4, -0.2) is 31.4 Å². The summed E-state index contributed by atoms with van der Waals surface area (Å²) in [6.45, 7) is 6.39. The Labute approximate surface area is 160 Å². The number of rotatable bonds is 4. The zero-order chi connectivity index (χ0) is 18.9. The predicted molar refractivity (Wildman–Crippen MR) is 105 cm³/mol. The first-order valence-electron chi connectivity index (χ1n) is 8.60. The molecule has 0 aromatic heterocycles. The van der Waals surface area contributed by atoms with Crippen LogP contribution in [0.1, 0.15) is 36.6 Å². The number of ether oxygens (including phenoxy) is 1. The van der Waals surface area contributed by atoms with Crippen molar-refractivity contribution in [3.63, 3.8) is 0 Å². The van der Waals surface area contributed by atoms with Gasteiger partial charge in [-0.3, -0.25) is 0 Å². The lowest BCUT2D eigenvalue weighted by Gasteiger charge is -2.44. The van der Waals surface area contributed by atoms with E-state index >= 15 is 0 Å². The number of nitrogens with zero attached hydrogens (tertiary/aromatic N) is 1. The van der Waals surface area contributed by atoms with Gasteiger partial charge < -0.3 is 4.74 Å². The van der Waals surface area contributed by atoms with Crippen LogP contribution in [0.25, 0.3) is 0 Å². The largest absolute Gasteiger partial charge is 0.370 e. The fourth-order valence-electron chi connectivity index (χ4n) is 3.20. The quantitative estimate of drug-likeness (QED) is 0.776. The molecule has 2 aromatic rings. The van der Waals surface area contributed by atoms with Gasteiger partial charge in [-0.25, -0.2) is 8.42 Å². The number of hydrogen-bond acceptors (Lipinski definition) is 3. The van der Waals surface area contributed by atoms with Gasteiger partial charge in [0.15, 0.2) is 0 Å². The number of halogens is 1. The highest BCUT2D eigenvalue weighted by molar-refractivity contribution is 7.88. The molecule has 1 aliphatic rings. The molecule has 1 saturated heterocycles. The van der Waals surface area contributed by atoms with Crippen LogP contribution in [0, 0.1) is 6.92 Å². The second-order valence-electron chi connectivity index (χ2n) is 7.44. The summed E-state index contributed by atoms with van der Waals surface area (Å²) < 4.78 is 33.8. The summed E-state index contributed by atoms with van der Waals surface area (Å²) in [5.41, 5.74) is 2.19. The van der Waals surface area contributed by atoms with Crippen LogP contribution in [-0.2, 0) is 20.5 Å². The summed E-state index contributed by atoms with van der Waals surface area (Å²) in [6, 6.07) is 15.0. The number of sulfonamides is 1. The average molecular weight is 394 g/mol. The van der Waals surface area contributed by atoms with Crippen molar-refractivity contribution in [3.05, 3.63) is 70.2 Å². The summed E-state index contributed by atoms with van der Waals surface area (Å²) in [5.74, 6) is -0.0149. The Kier molecular flexibility index (Phi) is 5.45. The minimum atomic E-state index is -3.49. The lowest BCUT2D eigenvalue weighted by molar-refractivity contribution is -0.0655. The maximum absolute atomic E-state index is 13.1. The molecule has 0 N–H and O–H groups in total. The van der Waals surface area contributed by atoms with Crippen molar-refractivity contribution < 1.29 is 13.2 Å². The van der Waals surface area contributed by atoms with Crippen LogP contribution >= 0.6 is 11.6 Å². The molecule has 0 amide bonds. The van der Waals surface area contributed by atoms with E-state index in [0.29, 0.717) is 11.6 Å². The molecule has 1 fully saturated rings. The number of hydrogen-bond donors (Lipinski definition) is 0. The van der Waals surface area contributed by atoms with Crippen molar-refractivity contribution in [2.24, 2.45) is 0 Å². The van der Waals surface area contributed by atoms with E-state index in [1.54, 1.807) is 10.4 Å². The van der Waals surface area contributed by atoms with Crippen molar-refractivity contribution in [2.45, 2.75) is 38.2 Å². The molecular weight excluding hydrogens is 370 g/mol. The first kappa shape index (κ1) is 19.4. The van der Waals surface area contributed by atoms with E-state index in [2.05, 4.69) is 0 Å². The Balaban J connectivity index is 1.85. The van der Waals surface area contributed by atoms with Crippen molar-refractivity contribution in [2.75, 3.05) is 13.2 Å². The zero-order valence-corrected chi connectivity index (χ0v) is 16.8. The Morgan fingerprint density at radius 3 is 2.54 bits per heavy atom. The summed E-state index contributed by atoms with van der Waals surface area (Å²) in [4.78, 5) is 0. The van der Waals surface area contributed by atoms with Crippen LogP contribution < -0.4 is 0 Å². The Bertz CT molecular complexity index is 878. The maximum Gasteiger partial charge on any atom is 0.218 e. The highest BCUT2D eigenvalue weighted by atomic mass is 35.5. The van der Waals surface area contributed by atoms with E-state index in [-0.39, 0.29) is 18.4 Å². The molecule has 6 heteroatoms. The van der Waals surface area contributed by atoms with Gasteiger partial charge in [-0.15, -0.1) is 0 Å². The molecule has 140 valence electrons. The van der Waals surface area contributed by atoms with E-state index in [1.807, 2.05) is 63.2 Å². The molecule has 0 spiro atoms. The number of aryl methyl sites for hydroxylation is 1. The fraction of sp³-hybridized carbons (Fsp3) is 0.400. The second-order valence-corrected chi connectivity index (χ2v) is 9.77. The lowest BCUT2D eigenvalue weighted by Crippen LogP contribution is -2.56. The SMILES string of the molecule is Cc1ccc(CS(=O)(=O)N2CC(c3cccc(Cl)c3)OCC2(C)C)cc1. The van der Waals surface area contributed by atoms with Crippen LogP contribution in [0.3, 0.4) is 0 Å². The predicted octanol–water partition coefficient (Wildman–Crippen LogP) is 4.33. The van der Waals surface area contributed by atoms with Crippen molar-refractivity contribution in [1.29, 1.82) is 0 Å². The van der Waals surface area contributed by atoms with Crippen molar-refractivity contribution in [1.82, 2.24) is 4.31 Å². The van der Waals surface area contributed by atoms with Gasteiger partial charge >= 0.3 is 0 Å². The average Bonchev–Trinajstić information content (AvgIpc) is 2.56. The van der Waals surface area contributed by atoms with Gasteiger partial charge in [-0.05, 0) is 44.0 Å². The molecule has 2 aromatic carbocycles. The molecule has 1 atom stereocenters. The summed E-state index contributed by atoms with van der Waals surface area (Å²) in [5, 5.41) is 0.616. The minimum Gasteiger partial charge on any atom is -0.370 e. The van der Waals surface area contributed by atoms with Crippen molar-refractivity contribution in [3.8, 4) is 0 Å². The fourth-order valence-corrected chi connectivity index (χ4v) is 5.33. The van der Waals surface area contributed by atoms with Gasteiger partial charge in [0.25, 0.3) is 0 Å². The van der Waals surface area contributed by atoms with E-state index in [1.165, 1.54) is 0 Å². The summed E-state index contributed by atoms with van der Waals surface area (Å²) >= 11 is 6.08. The summed E-state index contributed by atoms with van der Waals surface area (Å²) in [7, 11) is -3.49. The van der Waals surface area contributed by atoms with Crippen LogP contribution in [0.15, 0.2) is 48.5 Å². The van der Waals surface area contributed by atoms with E-state index in [4.69, 9.17) is 16.3 Å². The number of benzene rings is 2. The number of morpholine rings is 1. The standard InChI is InChI=1S/C20H24ClNO3S/c1-15-7-9-16(10-8-15)13-26(23,24)22-12-19(25-14-20(22,2)3)17-5-4-6-18(21)11-17/h4-11,19H,12-14H2,1-3H3. The van der Waals surface area contributed by atoms with E-state index in [9.17, 15) is 8.42 Å². The monoisotopic (exact) mass is 393 g/mol. The molecule has 0 saturated carbocycles. The Hall–Kier alpha value is -1.40. The first-order valence-corrected chi connectivity index (χ1v) is 10.6. The third-order valence-corrected chi connectivity index (χ3v) is 6.92. The van der Waals surface area contributed by atoms with Gasteiger partial charge in [0.05, 0.1) is 24.0 Å². The molecule has 4 nitrogen and oxygen atoms in total. The van der Waals surface area contributed by atoms with Crippen LogP contribution in [0.2, 0.25) is 5.02 Å². The van der Waals surface area contributed by atoms with E-state index in [0.717, 1.165) is 16.7 Å². The molecule has 26 heavy (non-hydrogen) atoms. The topological polar surface area (TPSA) is 46.6 Å². The molecule has 3 rings (SSSR count). The molecule has 1 unspecified atom stereocenters. The lowest BCUT2D eigenvalue weighted by atomic mass is 10.0. The molecule has 1 heterocycles.